The van der Waals surface area contributed by atoms with Crippen LogP contribution < -0.4 is 5.32 Å². The quantitative estimate of drug-likeness (QED) is 0.303. The number of ether oxygens (including phenoxy) is 1. The van der Waals surface area contributed by atoms with Crippen molar-refractivity contribution >= 4 is 48.7 Å². The van der Waals surface area contributed by atoms with E-state index < -0.39 is 48.9 Å². The number of anilines is 1. The summed E-state index contributed by atoms with van der Waals surface area (Å²) in [4.78, 5) is 41.8. The number of carbonyl (C=O) groups excluding carboxylic acids is 3. The highest BCUT2D eigenvalue weighted by molar-refractivity contribution is 14.2. The summed E-state index contributed by atoms with van der Waals surface area (Å²) in [6.45, 7) is 5.32. The summed E-state index contributed by atoms with van der Waals surface area (Å²) in [5.74, 6) is -1.26. The van der Waals surface area contributed by atoms with Crippen LogP contribution in [0.3, 0.4) is 0 Å². The number of amides is 2. The van der Waals surface area contributed by atoms with Gasteiger partial charge in [0.1, 0.15) is 18.0 Å². The van der Waals surface area contributed by atoms with Crippen molar-refractivity contribution in [2.45, 2.75) is 62.4 Å². The van der Waals surface area contributed by atoms with E-state index >= 15 is 0 Å². The van der Waals surface area contributed by atoms with Crippen LogP contribution in [0.25, 0.3) is 0 Å². The van der Waals surface area contributed by atoms with Gasteiger partial charge in [0.15, 0.2) is 5.78 Å². The number of fused-ring (bicyclic) bond motifs is 1. The van der Waals surface area contributed by atoms with Gasteiger partial charge in [-0.05, 0) is 57.3 Å². The Kier molecular flexibility index (Phi) is 8.67. The smallest absolute Gasteiger partial charge is 0.410 e. The van der Waals surface area contributed by atoms with Gasteiger partial charge in [0.2, 0.25) is 5.91 Å². The second-order valence-corrected chi connectivity index (χ2v) is 12.3. The molecule has 11 heteroatoms. The van der Waals surface area contributed by atoms with E-state index in [1.807, 2.05) is 13.8 Å². The number of nitrogens with zero attached hydrogens (tertiary/aromatic N) is 2. The Bertz CT molecular complexity index is 1290. The Morgan fingerprint density at radius 3 is 2.51 bits per heavy atom. The molecule has 2 aromatic carbocycles. The van der Waals surface area contributed by atoms with Gasteiger partial charge < -0.3 is 15.0 Å². The molecule has 1 N–H and O–H groups in total. The topological polar surface area (TPSA) is 79.0 Å². The Balaban J connectivity index is 1.46. The summed E-state index contributed by atoms with van der Waals surface area (Å²) < 4.78 is 48.7. The average molecular weight is 657 g/mol. The van der Waals surface area contributed by atoms with Crippen molar-refractivity contribution in [2.24, 2.45) is 5.92 Å². The molecule has 4 rings (SSSR count). The van der Waals surface area contributed by atoms with Crippen LogP contribution in [0, 0.1) is 11.7 Å². The number of hydrogen-bond acceptors (Lipinski definition) is 5. The maximum absolute atomic E-state index is 14.2. The number of hydrogen-bond donors (Lipinski definition) is 1. The van der Waals surface area contributed by atoms with Crippen molar-refractivity contribution in [3.8, 4) is 0 Å². The fourth-order valence-corrected chi connectivity index (χ4v) is 5.75. The number of benzene rings is 2. The molecule has 2 aliphatic rings. The molecule has 210 valence electrons. The number of carbonyl (C=O) groups is 3. The molecule has 7 nitrogen and oxygen atoms in total. The second kappa shape index (κ2) is 11.6. The van der Waals surface area contributed by atoms with Gasteiger partial charge in [0.25, 0.3) is 0 Å². The molecule has 0 unspecified atom stereocenters. The normalized spacial score (nSPS) is 19.7. The van der Waals surface area contributed by atoms with Gasteiger partial charge in [-0.25, -0.2) is 9.18 Å². The molecule has 2 aliphatic heterocycles. The minimum absolute atomic E-state index is 0.0128. The van der Waals surface area contributed by atoms with Crippen LogP contribution in [-0.4, -0.2) is 56.8 Å². The van der Waals surface area contributed by atoms with Gasteiger partial charge in [-0.3, -0.25) is 14.5 Å². The van der Waals surface area contributed by atoms with Crippen LogP contribution in [0.1, 0.15) is 43.9 Å². The summed E-state index contributed by atoms with van der Waals surface area (Å²) in [7, 11) is 0. The molecule has 2 aromatic rings. The molecular weight excluding hydrogens is 626 g/mol. The van der Waals surface area contributed by atoms with Crippen molar-refractivity contribution in [3.63, 3.8) is 0 Å². The Labute approximate surface area is 235 Å². The monoisotopic (exact) mass is 657 g/mol. The fraction of sp³-hybridized carbons (Fsp3) is 0.429. The molecule has 0 bridgehead atoms. The molecular formula is C28H31F3IN3O4. The van der Waals surface area contributed by atoms with Crippen molar-refractivity contribution in [1.82, 2.24) is 9.80 Å². The number of alkyl halides is 3. The maximum atomic E-state index is 14.2. The van der Waals surface area contributed by atoms with Crippen molar-refractivity contribution in [1.29, 1.82) is 0 Å². The lowest BCUT2D eigenvalue weighted by Gasteiger charge is -2.30. The highest BCUT2D eigenvalue weighted by atomic mass is 127. The molecule has 3 atom stereocenters. The molecule has 0 spiro atoms. The third-order valence-electron chi connectivity index (χ3n) is 7.08. The first-order chi connectivity index (χ1) is 18.4. The lowest BCUT2D eigenvalue weighted by molar-refractivity contribution is -0.138. The van der Waals surface area contributed by atoms with Gasteiger partial charge in [-0.2, -0.15) is 8.78 Å². The third kappa shape index (κ3) is 6.28. The first kappa shape index (κ1) is 29.0. The summed E-state index contributed by atoms with van der Waals surface area (Å²) in [5.41, 5.74) is 1.36. The minimum atomic E-state index is -3.00. The van der Waals surface area contributed by atoms with E-state index in [0.29, 0.717) is 16.8 Å². The van der Waals surface area contributed by atoms with E-state index in [1.54, 1.807) is 18.2 Å². The van der Waals surface area contributed by atoms with E-state index in [0.717, 1.165) is 0 Å². The summed E-state index contributed by atoms with van der Waals surface area (Å²) >= 11 is -1.62. The molecule has 0 aliphatic carbocycles. The number of likely N-dealkylation sites (tertiary alicyclic amines) is 1. The van der Waals surface area contributed by atoms with Gasteiger partial charge in [-0.1, -0.05) is 42.6 Å². The summed E-state index contributed by atoms with van der Waals surface area (Å²) in [6.07, 6.45) is -1.22. The largest absolute Gasteiger partial charge is 0.444 e. The highest BCUT2D eigenvalue weighted by Crippen LogP contribution is 2.39. The number of rotatable bonds is 8. The number of halogens is 4. The van der Waals surface area contributed by atoms with Crippen molar-refractivity contribution < 1.29 is 32.3 Å². The zero-order valence-corrected chi connectivity index (χ0v) is 24.1. The SMILES string of the molecule is C=IC(F)(F)c1cccc(N[C@H](C(=O)N2C[C@H](OC(=O)N3Cc4cccc(F)c4C3)C[C@H]2C(C)=O)C(C)C)c1. The molecule has 0 aromatic heterocycles. The fourth-order valence-electron chi connectivity index (χ4n) is 4.97. The molecule has 39 heavy (non-hydrogen) atoms. The van der Waals surface area contributed by atoms with E-state index in [1.165, 1.54) is 41.0 Å². The Hall–Kier alpha value is -2.96. The lowest BCUT2D eigenvalue weighted by atomic mass is 10.0. The number of ketones is 1. The summed E-state index contributed by atoms with van der Waals surface area (Å²) in [6, 6.07) is 8.84. The van der Waals surface area contributed by atoms with Crippen molar-refractivity contribution in [2.75, 3.05) is 11.9 Å². The van der Waals surface area contributed by atoms with Gasteiger partial charge in [0.05, 0.1) is 19.1 Å². The molecule has 0 radical (unpaired) electrons. The maximum Gasteiger partial charge on any atom is 0.410 e. The lowest BCUT2D eigenvalue weighted by Crippen LogP contribution is -2.49. The van der Waals surface area contributed by atoms with Gasteiger partial charge >= 0.3 is 10.0 Å². The molecule has 2 amide bonds. The highest BCUT2D eigenvalue weighted by Gasteiger charge is 2.43. The van der Waals surface area contributed by atoms with Crippen LogP contribution in [0.4, 0.5) is 23.7 Å². The molecule has 1 saturated heterocycles. The van der Waals surface area contributed by atoms with Crippen molar-refractivity contribution in [3.05, 3.63) is 65.0 Å². The van der Waals surface area contributed by atoms with Crippen LogP contribution in [0.2, 0.25) is 0 Å². The first-order valence-corrected chi connectivity index (χ1v) is 15.2. The van der Waals surface area contributed by atoms with Gasteiger partial charge in [-0.15, -0.1) is 0 Å². The van der Waals surface area contributed by atoms with Crippen LogP contribution in [0.15, 0.2) is 42.5 Å². The van der Waals surface area contributed by atoms with Crippen LogP contribution in [0.5, 0.6) is 0 Å². The Morgan fingerprint density at radius 2 is 1.87 bits per heavy atom. The predicted octanol–water partition coefficient (Wildman–Crippen LogP) is 5.43. The second-order valence-electron chi connectivity index (χ2n) is 10.2. The van der Waals surface area contributed by atoms with Crippen LogP contribution in [-0.2, 0) is 31.3 Å². The van der Waals surface area contributed by atoms with E-state index in [-0.39, 0.29) is 55.0 Å². The van der Waals surface area contributed by atoms with Gasteiger partial charge in [0, 0.05) is 29.8 Å². The third-order valence-corrected chi connectivity index (χ3v) is 8.66. The predicted molar refractivity (Wildman–Crippen MR) is 150 cm³/mol. The zero-order chi connectivity index (χ0) is 28.5. The standard InChI is InChI=1S/C28H31F3IN3O4/c1-16(2)25(33-20-9-6-8-19(11-20)28(30,31)32-4)26(37)35-14-21(12-24(35)17(3)36)39-27(38)34-13-18-7-5-10-23(29)22(18)15-34/h5-11,16,21,24-25,33H,4,12-15H2,1-3H3/t21-,24+,25+/m1/s1. The zero-order valence-electron chi connectivity index (χ0n) is 21.9. The first-order valence-electron chi connectivity index (χ1n) is 12.6. The average Bonchev–Trinajstić information content (AvgIpc) is 3.52. The number of Topliss-reactive ketones (excluding diaryl/α,β-unsaturated/α-hetero) is 1. The van der Waals surface area contributed by atoms with E-state index in [9.17, 15) is 27.6 Å². The summed E-state index contributed by atoms with van der Waals surface area (Å²) in [5, 5.41) is 3.07. The molecule has 2 heterocycles. The number of nitrogens with one attached hydrogen (secondary N) is 1. The van der Waals surface area contributed by atoms with E-state index in [2.05, 4.69) is 9.83 Å². The van der Waals surface area contributed by atoms with Crippen LogP contribution >= 0.6 is 20.7 Å². The Morgan fingerprint density at radius 1 is 1.15 bits per heavy atom. The molecule has 0 saturated carbocycles. The molecule has 1 fully saturated rings. The minimum Gasteiger partial charge on any atom is -0.444 e. The van der Waals surface area contributed by atoms with E-state index in [4.69, 9.17) is 4.74 Å².